The van der Waals surface area contributed by atoms with E-state index in [4.69, 9.17) is 0 Å². The van der Waals surface area contributed by atoms with Gasteiger partial charge in [0.15, 0.2) is 0 Å². The number of rotatable bonds is 2. The van der Waals surface area contributed by atoms with Gasteiger partial charge in [-0.3, -0.25) is 4.79 Å². The molecule has 0 bridgehead atoms. The molecule has 76 valence electrons. The minimum absolute atomic E-state index is 0.232. The molecule has 3 nitrogen and oxygen atoms in total. The molecule has 2 aromatic rings. The first kappa shape index (κ1) is 9.79. The molecule has 0 atom stereocenters. The van der Waals surface area contributed by atoms with Crippen LogP contribution in [-0.2, 0) is 0 Å². The SMILES string of the molecule is O=C(Nc1ccc(F)cc1)c1ccns1. The van der Waals surface area contributed by atoms with Crippen molar-refractivity contribution in [3.63, 3.8) is 0 Å². The molecule has 0 spiro atoms. The monoisotopic (exact) mass is 222 g/mol. The van der Waals surface area contributed by atoms with Gasteiger partial charge in [-0.2, -0.15) is 0 Å². The van der Waals surface area contributed by atoms with E-state index in [1.54, 1.807) is 12.3 Å². The molecule has 15 heavy (non-hydrogen) atoms. The highest BCUT2D eigenvalue weighted by molar-refractivity contribution is 7.08. The zero-order chi connectivity index (χ0) is 10.7. The van der Waals surface area contributed by atoms with E-state index in [2.05, 4.69) is 9.69 Å². The van der Waals surface area contributed by atoms with E-state index in [1.807, 2.05) is 0 Å². The summed E-state index contributed by atoms with van der Waals surface area (Å²) in [4.78, 5) is 12.1. The number of halogens is 1. The van der Waals surface area contributed by atoms with Crippen LogP contribution in [0.25, 0.3) is 0 Å². The second-order valence-corrected chi connectivity index (χ2v) is 3.67. The Morgan fingerprint density at radius 1 is 1.27 bits per heavy atom. The van der Waals surface area contributed by atoms with Crippen LogP contribution in [0.4, 0.5) is 10.1 Å². The van der Waals surface area contributed by atoms with Crippen LogP contribution < -0.4 is 5.32 Å². The standard InChI is InChI=1S/C10H7FN2OS/c11-7-1-3-8(4-2-7)13-10(14)9-5-6-12-15-9/h1-6H,(H,13,14). The maximum absolute atomic E-state index is 12.6. The molecule has 0 fully saturated rings. The van der Waals surface area contributed by atoms with Gasteiger partial charge >= 0.3 is 0 Å². The van der Waals surface area contributed by atoms with E-state index in [1.165, 1.54) is 24.3 Å². The average molecular weight is 222 g/mol. The maximum Gasteiger partial charge on any atom is 0.267 e. The Balaban J connectivity index is 2.09. The van der Waals surface area contributed by atoms with Gasteiger partial charge < -0.3 is 5.32 Å². The number of aromatic nitrogens is 1. The normalized spacial score (nSPS) is 9.93. The van der Waals surface area contributed by atoms with Crippen molar-refractivity contribution in [3.8, 4) is 0 Å². The Bertz CT molecular complexity index is 453. The fourth-order valence-corrected chi connectivity index (χ4v) is 1.55. The predicted octanol–water partition coefficient (Wildman–Crippen LogP) is 2.53. The van der Waals surface area contributed by atoms with E-state index in [9.17, 15) is 9.18 Å². The first-order chi connectivity index (χ1) is 7.25. The Labute approximate surface area is 89.7 Å². The van der Waals surface area contributed by atoms with Gasteiger partial charge in [0.1, 0.15) is 10.7 Å². The predicted molar refractivity (Wildman–Crippen MR) is 56.5 cm³/mol. The molecule has 1 aromatic carbocycles. The maximum atomic E-state index is 12.6. The number of hydrogen-bond acceptors (Lipinski definition) is 3. The average Bonchev–Trinajstić information content (AvgIpc) is 2.74. The molecule has 0 saturated heterocycles. The third-order valence-electron chi connectivity index (χ3n) is 1.76. The van der Waals surface area contributed by atoms with Crippen LogP contribution in [-0.4, -0.2) is 10.3 Å². The van der Waals surface area contributed by atoms with Crippen molar-refractivity contribution in [2.24, 2.45) is 0 Å². The summed E-state index contributed by atoms with van der Waals surface area (Å²) in [6.07, 6.45) is 1.56. The molecule has 0 radical (unpaired) electrons. The molecule has 5 heteroatoms. The summed E-state index contributed by atoms with van der Waals surface area (Å²) >= 11 is 1.12. The highest BCUT2D eigenvalue weighted by atomic mass is 32.1. The highest BCUT2D eigenvalue weighted by Gasteiger charge is 2.07. The van der Waals surface area contributed by atoms with Gasteiger partial charge in [0, 0.05) is 11.9 Å². The molecule has 0 aliphatic heterocycles. The summed E-state index contributed by atoms with van der Waals surface area (Å²) in [5.41, 5.74) is 0.565. The first-order valence-electron chi connectivity index (χ1n) is 4.23. The quantitative estimate of drug-likeness (QED) is 0.848. The Morgan fingerprint density at radius 3 is 2.60 bits per heavy atom. The second kappa shape index (κ2) is 4.18. The number of nitrogens with zero attached hydrogens (tertiary/aromatic N) is 1. The number of benzene rings is 1. The van der Waals surface area contributed by atoms with Crippen LogP contribution in [0.1, 0.15) is 9.67 Å². The lowest BCUT2D eigenvalue weighted by molar-refractivity contribution is 0.103. The van der Waals surface area contributed by atoms with E-state index >= 15 is 0 Å². The third kappa shape index (κ3) is 2.38. The zero-order valence-electron chi connectivity index (χ0n) is 7.61. The van der Waals surface area contributed by atoms with Crippen molar-refractivity contribution < 1.29 is 9.18 Å². The summed E-state index contributed by atoms with van der Waals surface area (Å²) in [5, 5.41) is 2.64. The van der Waals surface area contributed by atoms with Gasteiger partial charge in [-0.05, 0) is 41.9 Å². The van der Waals surface area contributed by atoms with Crippen molar-refractivity contribution in [3.05, 3.63) is 47.2 Å². The van der Waals surface area contributed by atoms with Crippen molar-refractivity contribution in [2.75, 3.05) is 5.32 Å². The summed E-state index contributed by atoms with van der Waals surface area (Å²) in [5.74, 6) is -0.560. The van der Waals surface area contributed by atoms with Gasteiger partial charge in [0.25, 0.3) is 5.91 Å². The first-order valence-corrected chi connectivity index (χ1v) is 5.00. The summed E-state index contributed by atoms with van der Waals surface area (Å²) in [6.45, 7) is 0. The minimum Gasteiger partial charge on any atom is -0.321 e. The van der Waals surface area contributed by atoms with Crippen LogP contribution in [0, 0.1) is 5.82 Å². The smallest absolute Gasteiger partial charge is 0.267 e. The van der Waals surface area contributed by atoms with Crippen LogP contribution in [0.5, 0.6) is 0 Å². The van der Waals surface area contributed by atoms with Gasteiger partial charge in [-0.25, -0.2) is 8.76 Å². The molecule has 0 saturated carbocycles. The Morgan fingerprint density at radius 2 is 2.00 bits per heavy atom. The fourth-order valence-electron chi connectivity index (χ4n) is 1.06. The van der Waals surface area contributed by atoms with Crippen molar-refractivity contribution in [2.45, 2.75) is 0 Å². The lowest BCUT2D eigenvalue weighted by atomic mass is 10.3. The van der Waals surface area contributed by atoms with Crippen LogP contribution >= 0.6 is 11.5 Å². The molecule has 1 aromatic heterocycles. The van der Waals surface area contributed by atoms with E-state index in [-0.39, 0.29) is 11.7 Å². The van der Waals surface area contributed by atoms with Gasteiger partial charge in [0.2, 0.25) is 0 Å². The lowest BCUT2D eigenvalue weighted by Gasteiger charge is -2.01. The van der Waals surface area contributed by atoms with Gasteiger partial charge in [-0.15, -0.1) is 0 Å². The van der Waals surface area contributed by atoms with Gasteiger partial charge in [0.05, 0.1) is 0 Å². The fraction of sp³-hybridized carbons (Fsp3) is 0. The highest BCUT2D eigenvalue weighted by Crippen LogP contribution is 2.11. The third-order valence-corrected chi connectivity index (χ3v) is 2.51. The van der Waals surface area contributed by atoms with Crippen molar-refractivity contribution >= 4 is 23.1 Å². The summed E-state index contributed by atoms with van der Waals surface area (Å²) in [7, 11) is 0. The number of carbonyl (C=O) groups excluding carboxylic acids is 1. The zero-order valence-corrected chi connectivity index (χ0v) is 8.42. The largest absolute Gasteiger partial charge is 0.321 e. The lowest BCUT2D eigenvalue weighted by Crippen LogP contribution is -2.09. The van der Waals surface area contributed by atoms with E-state index < -0.39 is 0 Å². The molecule has 2 rings (SSSR count). The topological polar surface area (TPSA) is 42.0 Å². The Hall–Kier alpha value is -1.75. The number of nitrogens with one attached hydrogen (secondary N) is 1. The molecular weight excluding hydrogens is 215 g/mol. The molecule has 0 aliphatic rings. The minimum atomic E-state index is -0.328. The van der Waals surface area contributed by atoms with Crippen molar-refractivity contribution in [1.82, 2.24) is 4.37 Å². The number of hydrogen-bond donors (Lipinski definition) is 1. The molecule has 1 heterocycles. The molecule has 0 aliphatic carbocycles. The summed E-state index contributed by atoms with van der Waals surface area (Å²) < 4.78 is 16.4. The van der Waals surface area contributed by atoms with Gasteiger partial charge in [-0.1, -0.05) is 0 Å². The van der Waals surface area contributed by atoms with Crippen LogP contribution in [0.3, 0.4) is 0 Å². The number of carbonyl (C=O) groups is 1. The Kier molecular flexibility index (Phi) is 2.73. The molecule has 0 unspecified atom stereocenters. The van der Waals surface area contributed by atoms with Crippen molar-refractivity contribution in [1.29, 1.82) is 0 Å². The van der Waals surface area contributed by atoms with E-state index in [0.717, 1.165) is 11.5 Å². The van der Waals surface area contributed by atoms with E-state index in [0.29, 0.717) is 10.6 Å². The molecular formula is C10H7FN2OS. The van der Waals surface area contributed by atoms with Crippen LogP contribution in [0.2, 0.25) is 0 Å². The van der Waals surface area contributed by atoms with Crippen LogP contribution in [0.15, 0.2) is 36.5 Å². The molecule has 1 amide bonds. The summed E-state index contributed by atoms with van der Waals surface area (Å²) in [6, 6.07) is 7.23. The second-order valence-electron chi connectivity index (χ2n) is 2.84. The molecule has 1 N–H and O–H groups in total. The number of anilines is 1. The number of amides is 1.